The lowest BCUT2D eigenvalue weighted by molar-refractivity contribution is -0.202. The molecule has 0 radical (unpaired) electrons. The summed E-state index contributed by atoms with van der Waals surface area (Å²) >= 11 is 0. The maximum atomic E-state index is 14.0. The van der Waals surface area contributed by atoms with Gasteiger partial charge in [-0.3, -0.25) is 24.6 Å². The Labute approximate surface area is 222 Å². The lowest BCUT2D eigenvalue weighted by Gasteiger charge is -2.40. The predicted molar refractivity (Wildman–Crippen MR) is 133 cm³/mol. The van der Waals surface area contributed by atoms with Crippen LogP contribution in [0, 0.1) is 5.92 Å². The SMILES string of the molecule is O=C1NNCC(N2Cc3ccccc3C2COc2cccc(C(=O)N3CCn4nccc4C3)c2)C1C(F)(F)F. The van der Waals surface area contributed by atoms with E-state index in [9.17, 15) is 22.8 Å². The lowest BCUT2D eigenvalue weighted by atomic mass is 9.94. The molecule has 1 fully saturated rings. The molecule has 3 aliphatic heterocycles. The van der Waals surface area contributed by atoms with E-state index in [4.69, 9.17) is 4.74 Å². The molecule has 204 valence electrons. The zero-order valence-corrected chi connectivity index (χ0v) is 20.9. The first-order valence-corrected chi connectivity index (χ1v) is 12.8. The van der Waals surface area contributed by atoms with Gasteiger partial charge in [-0.1, -0.05) is 30.3 Å². The molecule has 6 rings (SSSR count). The number of nitrogens with one attached hydrogen (secondary N) is 2. The zero-order chi connectivity index (χ0) is 27.1. The number of aromatic nitrogens is 2. The second kappa shape index (κ2) is 10.0. The number of hydrazine groups is 1. The summed E-state index contributed by atoms with van der Waals surface area (Å²) in [4.78, 5) is 28.9. The van der Waals surface area contributed by atoms with E-state index in [1.807, 2.05) is 35.0 Å². The van der Waals surface area contributed by atoms with Crippen molar-refractivity contribution in [2.75, 3.05) is 19.7 Å². The van der Waals surface area contributed by atoms with Gasteiger partial charge >= 0.3 is 6.18 Å². The molecule has 1 saturated heterocycles. The topological polar surface area (TPSA) is 91.7 Å². The maximum Gasteiger partial charge on any atom is 0.402 e. The molecule has 2 amide bonds. The normalized spacial score (nSPS) is 23.2. The third-order valence-electron chi connectivity index (χ3n) is 7.65. The minimum atomic E-state index is -4.70. The molecule has 0 saturated carbocycles. The largest absolute Gasteiger partial charge is 0.492 e. The van der Waals surface area contributed by atoms with Gasteiger partial charge in [0.2, 0.25) is 5.91 Å². The van der Waals surface area contributed by atoms with E-state index in [0.29, 0.717) is 30.9 Å². The monoisotopic (exact) mass is 540 g/mol. The van der Waals surface area contributed by atoms with Crippen LogP contribution in [0.3, 0.4) is 0 Å². The van der Waals surface area contributed by atoms with Gasteiger partial charge in [0, 0.05) is 37.4 Å². The van der Waals surface area contributed by atoms with Crippen LogP contribution in [0.1, 0.15) is 33.2 Å². The van der Waals surface area contributed by atoms with E-state index in [1.165, 1.54) is 0 Å². The van der Waals surface area contributed by atoms with Gasteiger partial charge in [0.1, 0.15) is 12.4 Å². The van der Waals surface area contributed by atoms with Crippen molar-refractivity contribution in [2.45, 2.75) is 37.9 Å². The van der Waals surface area contributed by atoms with Crippen molar-refractivity contribution in [2.24, 2.45) is 5.92 Å². The first kappa shape index (κ1) is 25.4. The number of halogens is 3. The minimum Gasteiger partial charge on any atom is -0.492 e. The fourth-order valence-electron chi connectivity index (χ4n) is 5.75. The highest BCUT2D eigenvalue weighted by Gasteiger charge is 2.55. The predicted octanol–water partition coefficient (Wildman–Crippen LogP) is 2.66. The summed E-state index contributed by atoms with van der Waals surface area (Å²) in [6.45, 7) is 1.88. The van der Waals surface area contributed by atoms with Crippen LogP contribution in [0.5, 0.6) is 5.75 Å². The molecule has 3 aromatic rings. The van der Waals surface area contributed by atoms with Crippen molar-refractivity contribution in [3.8, 4) is 5.75 Å². The fourth-order valence-corrected chi connectivity index (χ4v) is 5.75. The number of alkyl halides is 3. The molecule has 4 heterocycles. The van der Waals surface area contributed by atoms with Crippen LogP contribution in [0.4, 0.5) is 13.2 Å². The summed E-state index contributed by atoms with van der Waals surface area (Å²) in [5.74, 6) is -2.95. The van der Waals surface area contributed by atoms with E-state index in [0.717, 1.165) is 16.8 Å². The van der Waals surface area contributed by atoms with Crippen molar-refractivity contribution in [3.05, 3.63) is 83.2 Å². The Morgan fingerprint density at radius 3 is 2.77 bits per heavy atom. The van der Waals surface area contributed by atoms with Gasteiger partial charge < -0.3 is 9.64 Å². The van der Waals surface area contributed by atoms with E-state index >= 15 is 0 Å². The number of benzene rings is 2. The number of amides is 2. The molecule has 2 N–H and O–H groups in total. The maximum absolute atomic E-state index is 14.0. The van der Waals surface area contributed by atoms with Gasteiger partial charge in [0.15, 0.2) is 5.92 Å². The highest BCUT2D eigenvalue weighted by molar-refractivity contribution is 5.94. The summed E-state index contributed by atoms with van der Waals surface area (Å²) in [6, 6.07) is 14.5. The quantitative estimate of drug-likeness (QED) is 0.517. The molecular weight excluding hydrogens is 513 g/mol. The molecular formula is C27H27F3N6O3. The summed E-state index contributed by atoms with van der Waals surface area (Å²) in [6.07, 6.45) is -2.98. The Kier molecular flexibility index (Phi) is 6.51. The van der Waals surface area contributed by atoms with Gasteiger partial charge in [-0.2, -0.15) is 18.3 Å². The van der Waals surface area contributed by atoms with Crippen LogP contribution in [-0.2, 0) is 24.4 Å². The molecule has 0 bridgehead atoms. The van der Waals surface area contributed by atoms with Crippen LogP contribution in [0.25, 0.3) is 0 Å². The summed E-state index contributed by atoms with van der Waals surface area (Å²) in [5, 5.41) is 4.24. The second-order valence-corrected chi connectivity index (χ2v) is 9.95. The molecule has 12 heteroatoms. The van der Waals surface area contributed by atoms with Crippen molar-refractivity contribution in [3.63, 3.8) is 0 Å². The van der Waals surface area contributed by atoms with Crippen LogP contribution in [0.2, 0.25) is 0 Å². The zero-order valence-electron chi connectivity index (χ0n) is 20.9. The molecule has 3 atom stereocenters. The molecule has 1 aromatic heterocycles. The van der Waals surface area contributed by atoms with Gasteiger partial charge in [-0.15, -0.1) is 0 Å². The minimum absolute atomic E-state index is 0.0558. The van der Waals surface area contributed by atoms with E-state index < -0.39 is 30.1 Å². The Morgan fingerprint density at radius 1 is 1.08 bits per heavy atom. The Bertz CT molecular complexity index is 1390. The number of hydrogen-bond acceptors (Lipinski definition) is 6. The van der Waals surface area contributed by atoms with Crippen molar-refractivity contribution in [1.82, 2.24) is 30.4 Å². The smallest absolute Gasteiger partial charge is 0.402 e. The number of rotatable bonds is 5. The number of carbonyl (C=O) groups excluding carboxylic acids is 2. The molecule has 39 heavy (non-hydrogen) atoms. The summed E-state index contributed by atoms with van der Waals surface area (Å²) < 4.78 is 49.8. The van der Waals surface area contributed by atoms with E-state index in [2.05, 4.69) is 16.0 Å². The third-order valence-corrected chi connectivity index (χ3v) is 7.65. The fraction of sp³-hybridized carbons (Fsp3) is 0.370. The summed E-state index contributed by atoms with van der Waals surface area (Å²) in [5.41, 5.74) is 7.92. The Morgan fingerprint density at radius 2 is 1.92 bits per heavy atom. The van der Waals surface area contributed by atoms with Crippen LogP contribution >= 0.6 is 0 Å². The third kappa shape index (κ3) is 4.85. The van der Waals surface area contributed by atoms with E-state index in [-0.39, 0.29) is 25.6 Å². The van der Waals surface area contributed by atoms with Crippen molar-refractivity contribution in [1.29, 1.82) is 0 Å². The first-order valence-electron chi connectivity index (χ1n) is 12.8. The molecule has 3 aliphatic rings. The molecule has 9 nitrogen and oxygen atoms in total. The van der Waals surface area contributed by atoms with Crippen LogP contribution in [0.15, 0.2) is 60.8 Å². The number of hydrogen-bond donors (Lipinski definition) is 2. The highest BCUT2D eigenvalue weighted by atomic mass is 19.4. The average Bonchev–Trinajstić information content (AvgIpc) is 3.55. The van der Waals surface area contributed by atoms with Gasteiger partial charge in [-0.05, 0) is 35.4 Å². The number of ether oxygens (including phenoxy) is 1. The van der Waals surface area contributed by atoms with E-state index in [1.54, 1.807) is 40.3 Å². The Balaban J connectivity index is 1.21. The van der Waals surface area contributed by atoms with Crippen molar-refractivity contribution < 1.29 is 27.5 Å². The molecule has 3 unspecified atom stereocenters. The number of nitrogens with zero attached hydrogens (tertiary/aromatic N) is 4. The standard InChI is InChI=1S/C27H27F3N6O3/c28-27(29,30)24-22(13-31-33-25(24)37)35-14-18-4-1-2-7-21(18)23(35)16-39-20-6-3-5-17(12-20)26(38)34-10-11-36-19(15-34)8-9-32-36/h1-9,12,22-24,31H,10-11,13-16H2,(H,33,37). The Hall–Kier alpha value is -3.90. The van der Waals surface area contributed by atoms with Gasteiger partial charge in [0.05, 0.1) is 24.8 Å². The van der Waals surface area contributed by atoms with Gasteiger partial charge in [-0.25, -0.2) is 5.43 Å². The van der Waals surface area contributed by atoms with Crippen LogP contribution < -0.4 is 15.6 Å². The molecule has 0 spiro atoms. The van der Waals surface area contributed by atoms with Crippen molar-refractivity contribution >= 4 is 11.8 Å². The summed E-state index contributed by atoms with van der Waals surface area (Å²) in [7, 11) is 0. The highest BCUT2D eigenvalue weighted by Crippen LogP contribution is 2.41. The van der Waals surface area contributed by atoms with Gasteiger partial charge in [0.25, 0.3) is 5.91 Å². The number of carbonyl (C=O) groups is 2. The molecule has 2 aromatic carbocycles. The second-order valence-electron chi connectivity index (χ2n) is 9.95. The molecule has 0 aliphatic carbocycles. The first-order chi connectivity index (χ1) is 18.8. The van der Waals surface area contributed by atoms with Crippen LogP contribution in [-0.4, -0.2) is 63.3 Å². The number of fused-ring (bicyclic) bond motifs is 2. The average molecular weight is 541 g/mol. The lowest BCUT2D eigenvalue weighted by Crippen LogP contribution is -2.64.